The van der Waals surface area contributed by atoms with Crippen molar-refractivity contribution in [1.82, 2.24) is 5.32 Å². The number of nitrogens with one attached hydrogen (secondary N) is 1. The molecule has 1 N–H and O–H groups in total. The summed E-state index contributed by atoms with van der Waals surface area (Å²) in [6, 6.07) is 0. The summed E-state index contributed by atoms with van der Waals surface area (Å²) in [5, 5.41) is 2.86. The van der Waals surface area contributed by atoms with Gasteiger partial charge in [0, 0.05) is 12.5 Å². The molecule has 9 heavy (non-hydrogen) atoms. The van der Waals surface area contributed by atoms with E-state index in [0.29, 0.717) is 16.8 Å². The zero-order chi connectivity index (χ0) is 6.43. The van der Waals surface area contributed by atoms with Crippen molar-refractivity contribution in [2.75, 3.05) is 6.54 Å². The van der Waals surface area contributed by atoms with Crippen LogP contribution in [-0.4, -0.2) is 20.0 Å². The van der Waals surface area contributed by atoms with Gasteiger partial charge in [-0.05, 0) is 12.3 Å². The van der Waals surface area contributed by atoms with Crippen LogP contribution in [0.1, 0.15) is 6.42 Å². The molecule has 1 aliphatic heterocycles. The first-order valence-corrected chi connectivity index (χ1v) is 4.06. The molecule has 2 unspecified atom stereocenters. The Morgan fingerprint density at radius 1 is 1.56 bits per heavy atom. The van der Waals surface area contributed by atoms with E-state index in [-0.39, 0.29) is 0 Å². The van der Waals surface area contributed by atoms with Crippen LogP contribution >= 0.6 is 0 Å². The molecule has 0 spiro atoms. The van der Waals surface area contributed by atoms with Crippen LogP contribution < -0.4 is 5.32 Å². The lowest BCUT2D eigenvalue weighted by molar-refractivity contribution is 0.626. The molecular weight excluding hydrogens is 138 g/mol. The fourth-order valence-corrected chi connectivity index (χ4v) is 2.08. The zero-order valence-electron chi connectivity index (χ0n) is 4.79. The van der Waals surface area contributed by atoms with E-state index in [9.17, 15) is 8.42 Å². The fourth-order valence-electron chi connectivity index (χ4n) is 1.34. The van der Waals surface area contributed by atoms with E-state index in [2.05, 4.69) is 5.32 Å². The van der Waals surface area contributed by atoms with Gasteiger partial charge in [0.05, 0.1) is 0 Å². The number of hydrogen-bond acceptors (Lipinski definition) is 2. The van der Waals surface area contributed by atoms with Crippen molar-refractivity contribution in [1.29, 1.82) is 0 Å². The topological polar surface area (TPSA) is 46.2 Å². The van der Waals surface area contributed by atoms with E-state index in [1.54, 1.807) is 0 Å². The summed E-state index contributed by atoms with van der Waals surface area (Å²) in [5.74, 6) is 1.00. The highest BCUT2D eigenvalue weighted by molar-refractivity contribution is 7.73. The van der Waals surface area contributed by atoms with Crippen LogP contribution in [0.15, 0.2) is 0 Å². The highest BCUT2D eigenvalue weighted by atomic mass is 32.2. The van der Waals surface area contributed by atoms with Crippen LogP contribution in [0, 0.1) is 11.8 Å². The molecule has 2 rings (SSSR count). The van der Waals surface area contributed by atoms with E-state index < -0.39 is 10.3 Å². The fraction of sp³-hybridized carbons (Fsp3) is 0.800. The molecular formula is C5H7NO2S. The summed E-state index contributed by atoms with van der Waals surface area (Å²) in [6.07, 6.45) is 1.08. The van der Waals surface area contributed by atoms with Gasteiger partial charge < -0.3 is 0 Å². The first-order chi connectivity index (χ1) is 4.29. The van der Waals surface area contributed by atoms with Gasteiger partial charge in [0.2, 0.25) is 10.3 Å². The third-order valence-corrected chi connectivity index (χ3v) is 2.78. The van der Waals surface area contributed by atoms with Crippen molar-refractivity contribution in [2.45, 2.75) is 6.42 Å². The third-order valence-electron chi connectivity index (χ3n) is 1.98. The van der Waals surface area contributed by atoms with Gasteiger partial charge in [0.1, 0.15) is 4.99 Å². The Labute approximate surface area is 54.6 Å². The minimum Gasteiger partial charge on any atom is -0.279 e. The molecule has 0 amide bonds. The molecule has 0 radical (unpaired) electrons. The van der Waals surface area contributed by atoms with Gasteiger partial charge >= 0.3 is 0 Å². The number of hydrogen-bond donors (Lipinski definition) is 1. The molecule has 50 valence electrons. The molecule has 3 nitrogen and oxygen atoms in total. The Kier molecular flexibility index (Phi) is 0.952. The van der Waals surface area contributed by atoms with Crippen molar-refractivity contribution in [3.05, 3.63) is 0 Å². The van der Waals surface area contributed by atoms with Gasteiger partial charge in [0.15, 0.2) is 0 Å². The standard InChI is InChI=1S/C5H7NO2S/c7-9(8)5-4-1-3(4)2-6-5/h3-4,6H,1-2H2. The van der Waals surface area contributed by atoms with E-state index >= 15 is 0 Å². The van der Waals surface area contributed by atoms with Crippen molar-refractivity contribution >= 4 is 15.3 Å². The van der Waals surface area contributed by atoms with Gasteiger partial charge in [-0.3, -0.25) is 5.32 Å². The number of piperidine rings is 1. The van der Waals surface area contributed by atoms with Gasteiger partial charge in [-0.2, -0.15) is 8.42 Å². The highest BCUT2D eigenvalue weighted by Gasteiger charge is 2.46. The second-order valence-corrected chi connectivity index (χ2v) is 3.49. The van der Waals surface area contributed by atoms with Gasteiger partial charge in [-0.15, -0.1) is 0 Å². The lowest BCUT2D eigenvalue weighted by Crippen LogP contribution is -2.20. The van der Waals surface area contributed by atoms with E-state index in [4.69, 9.17) is 0 Å². The molecule has 1 saturated heterocycles. The van der Waals surface area contributed by atoms with Crippen molar-refractivity contribution in [3.63, 3.8) is 0 Å². The molecule has 1 saturated carbocycles. The zero-order valence-corrected chi connectivity index (χ0v) is 5.61. The first kappa shape index (κ1) is 5.44. The van der Waals surface area contributed by atoms with Crippen molar-refractivity contribution in [3.8, 4) is 0 Å². The Morgan fingerprint density at radius 3 is 2.56 bits per heavy atom. The predicted molar refractivity (Wildman–Crippen MR) is 33.5 cm³/mol. The first-order valence-electron chi connectivity index (χ1n) is 2.99. The van der Waals surface area contributed by atoms with E-state index in [0.717, 1.165) is 13.0 Å². The van der Waals surface area contributed by atoms with Crippen LogP contribution in [0.3, 0.4) is 0 Å². The molecule has 2 atom stereocenters. The SMILES string of the molecule is O=S(=O)=C1NCC2CC12. The van der Waals surface area contributed by atoms with Crippen LogP contribution in [0.2, 0.25) is 0 Å². The Balaban J connectivity index is 2.44. The summed E-state index contributed by atoms with van der Waals surface area (Å²) in [7, 11) is -1.97. The molecule has 2 aliphatic rings. The summed E-state index contributed by atoms with van der Waals surface area (Å²) >= 11 is 0. The van der Waals surface area contributed by atoms with Crippen molar-refractivity contribution in [2.24, 2.45) is 11.8 Å². The second kappa shape index (κ2) is 1.58. The number of rotatable bonds is 0. The minimum atomic E-state index is -1.97. The Bertz CT molecular complexity index is 259. The molecule has 2 fully saturated rings. The average molecular weight is 145 g/mol. The maximum Gasteiger partial charge on any atom is 0.228 e. The largest absolute Gasteiger partial charge is 0.279 e. The molecule has 4 heteroatoms. The highest BCUT2D eigenvalue weighted by Crippen LogP contribution is 2.41. The molecule has 0 aromatic rings. The normalized spacial score (nSPS) is 38.4. The lowest BCUT2D eigenvalue weighted by Gasteiger charge is -1.90. The summed E-state index contributed by atoms with van der Waals surface area (Å²) in [5.41, 5.74) is 0. The van der Waals surface area contributed by atoms with Crippen molar-refractivity contribution < 1.29 is 8.42 Å². The van der Waals surface area contributed by atoms with Crippen LogP contribution in [0.4, 0.5) is 0 Å². The summed E-state index contributed by atoms with van der Waals surface area (Å²) in [6.45, 7) is 0.869. The maximum absolute atomic E-state index is 10.3. The Hall–Kier alpha value is -0.350. The monoisotopic (exact) mass is 145 g/mol. The smallest absolute Gasteiger partial charge is 0.228 e. The summed E-state index contributed by atoms with van der Waals surface area (Å²) < 4.78 is 20.7. The Morgan fingerprint density at radius 2 is 2.33 bits per heavy atom. The molecule has 0 bridgehead atoms. The average Bonchev–Trinajstić information content (AvgIpc) is 2.43. The third kappa shape index (κ3) is 0.702. The molecule has 1 aliphatic carbocycles. The predicted octanol–water partition coefficient (Wildman–Crippen LogP) is -0.765. The maximum atomic E-state index is 10.3. The van der Waals surface area contributed by atoms with Gasteiger partial charge in [0.25, 0.3) is 0 Å². The molecule has 0 aromatic carbocycles. The van der Waals surface area contributed by atoms with Crippen LogP contribution in [-0.2, 0) is 10.3 Å². The molecule has 0 aromatic heterocycles. The lowest BCUT2D eigenvalue weighted by atomic mass is 10.4. The van der Waals surface area contributed by atoms with Gasteiger partial charge in [-0.1, -0.05) is 0 Å². The molecule has 1 heterocycles. The van der Waals surface area contributed by atoms with Crippen LogP contribution in [0.5, 0.6) is 0 Å². The quantitative estimate of drug-likeness (QED) is 0.455. The number of fused-ring (bicyclic) bond motifs is 1. The summed E-state index contributed by atoms with van der Waals surface area (Å²) in [4.78, 5) is 0.542. The van der Waals surface area contributed by atoms with Gasteiger partial charge in [-0.25, -0.2) is 0 Å². The van der Waals surface area contributed by atoms with Crippen LogP contribution in [0.25, 0.3) is 0 Å². The second-order valence-electron chi connectivity index (χ2n) is 2.58. The van der Waals surface area contributed by atoms with E-state index in [1.807, 2.05) is 0 Å². The van der Waals surface area contributed by atoms with E-state index in [1.165, 1.54) is 0 Å². The minimum absolute atomic E-state index is 0.364.